The number of hydrogen-bond donors (Lipinski definition) is 12. The summed E-state index contributed by atoms with van der Waals surface area (Å²) in [6.45, 7) is 1.70. The molecular formula is C83H120N12O22. The van der Waals surface area contributed by atoms with E-state index >= 15 is 0 Å². The molecule has 4 aromatic rings. The van der Waals surface area contributed by atoms with Crippen molar-refractivity contribution in [2.45, 2.75) is 172 Å². The lowest BCUT2D eigenvalue weighted by atomic mass is 9.90. The highest BCUT2D eigenvalue weighted by Gasteiger charge is 2.34. The Kier molecular flexibility index (Phi) is 53.1. The fourth-order valence-electron chi connectivity index (χ4n) is 12.1. The molecule has 6 atom stereocenters. The molecule has 0 aliphatic rings. The van der Waals surface area contributed by atoms with Crippen molar-refractivity contribution in [3.8, 4) is 0 Å². The van der Waals surface area contributed by atoms with Crippen LogP contribution in [0.2, 0.25) is 0 Å². The van der Waals surface area contributed by atoms with E-state index in [1.807, 2.05) is 0 Å². The third-order valence-electron chi connectivity index (χ3n) is 18.4. The first-order valence-electron chi connectivity index (χ1n) is 39.8. The Balaban J connectivity index is 1.67. The summed E-state index contributed by atoms with van der Waals surface area (Å²) in [4.78, 5) is 214. The number of carbonyl (C=O) groups is 14. The van der Waals surface area contributed by atoms with Gasteiger partial charge in [-0.15, -0.1) is 0 Å². The largest absolute Gasteiger partial charge is 0.379 e. The molecule has 0 radical (unpaired) electrons. The van der Waals surface area contributed by atoms with E-state index in [9.17, 15) is 67.1 Å². The second-order valence-corrected chi connectivity index (χ2v) is 28.0. The van der Waals surface area contributed by atoms with Crippen molar-refractivity contribution in [2.24, 2.45) is 35.4 Å². The van der Waals surface area contributed by atoms with Crippen LogP contribution in [-0.4, -0.2) is 212 Å². The highest BCUT2D eigenvalue weighted by Crippen LogP contribution is 2.21. The third-order valence-corrected chi connectivity index (χ3v) is 18.4. The standard InChI is InChI=1S/C83H120N12O22/c84-114-45-41-110-37-17-13-29-66(96)56-88-80(106)72(49-60-21-5-1-6-22-60)92-76(102)35-33-64(78(104)94-74(51-62-25-9-3-10-26-62)82(108)90-58-68(98)31-15-19-39-112-43-47-116-86)53-70(100)55-71(101)54-65(79(105)95-75(52-63-27-11-4-12-28-63)83(109)91-59-69(99)32-16-20-40-113-44-48-117-87)34-36-77(103)93-73(50-61-23-7-2-8-24-61)81(107)89-57-67(97)30-14-18-38-111-42-46-115-85/h1-12,21-28,64-65,72-75H,13-20,29-59,84-87H2,(H,88,106)(H,89,107)(H,90,108)(H,91,109)(H,92,102)(H,93,103)(H,94,104)(H,95,105). The van der Waals surface area contributed by atoms with Crippen LogP contribution in [0.3, 0.4) is 0 Å². The van der Waals surface area contributed by atoms with Gasteiger partial charge in [-0.1, -0.05) is 121 Å². The first-order chi connectivity index (χ1) is 56.7. The van der Waals surface area contributed by atoms with Crippen LogP contribution in [0.15, 0.2) is 121 Å². The molecule has 34 heteroatoms. The number of benzene rings is 4. The van der Waals surface area contributed by atoms with Gasteiger partial charge in [-0.25, -0.2) is 23.6 Å². The van der Waals surface area contributed by atoms with Crippen LogP contribution < -0.4 is 66.1 Å². The summed E-state index contributed by atoms with van der Waals surface area (Å²) in [5.41, 5.74) is 2.46. The van der Waals surface area contributed by atoms with Gasteiger partial charge in [0.1, 0.15) is 35.7 Å². The summed E-state index contributed by atoms with van der Waals surface area (Å²) in [5, 5.41) is 21.4. The maximum absolute atomic E-state index is 15.0. The molecule has 16 N–H and O–H groups in total. The number of Topliss-reactive ketones (excluding diaryl/α,β-unsaturated/α-hetero) is 6. The summed E-state index contributed by atoms with van der Waals surface area (Å²) in [6.07, 6.45) is -0.184. The lowest BCUT2D eigenvalue weighted by Gasteiger charge is -2.24. The minimum absolute atomic E-state index is 0.0303. The molecule has 644 valence electrons. The Morgan fingerprint density at radius 2 is 0.504 bits per heavy atom. The van der Waals surface area contributed by atoms with Crippen LogP contribution in [0, 0.1) is 11.8 Å². The third kappa shape index (κ3) is 47.2. The topological polar surface area (TPSA) is 513 Å². The monoisotopic (exact) mass is 1640 g/mol. The first kappa shape index (κ1) is 99.5. The molecule has 0 saturated carbocycles. The minimum atomic E-state index is -1.48. The quantitative estimate of drug-likeness (QED) is 0.0171. The second kappa shape index (κ2) is 62.4. The molecule has 4 rings (SSSR count). The number of ether oxygens (including phenoxy) is 4. The molecule has 0 saturated heterocycles. The Bertz CT molecular complexity index is 3380. The minimum Gasteiger partial charge on any atom is -0.379 e. The molecule has 0 aromatic heterocycles. The molecule has 0 heterocycles. The van der Waals surface area contributed by atoms with Gasteiger partial charge in [-0.2, -0.15) is 0 Å². The average Bonchev–Trinajstić information content (AvgIpc) is 0.869. The van der Waals surface area contributed by atoms with Gasteiger partial charge in [-0.3, -0.25) is 67.1 Å². The number of nitrogens with one attached hydrogen (secondary N) is 8. The van der Waals surface area contributed by atoms with Gasteiger partial charge in [0, 0.05) is 115 Å². The van der Waals surface area contributed by atoms with E-state index in [0.29, 0.717) is 100 Å². The van der Waals surface area contributed by atoms with Gasteiger partial charge in [0.05, 0.1) is 85.5 Å². The summed E-state index contributed by atoms with van der Waals surface area (Å²) in [5.74, 6) is 8.05. The number of carbonyl (C=O) groups excluding carboxylic acids is 14. The molecule has 0 aliphatic carbocycles. The molecule has 8 amide bonds. The Morgan fingerprint density at radius 1 is 0.265 bits per heavy atom. The van der Waals surface area contributed by atoms with E-state index in [2.05, 4.69) is 61.9 Å². The Morgan fingerprint density at radius 3 is 0.744 bits per heavy atom. The zero-order valence-electron chi connectivity index (χ0n) is 66.9. The van der Waals surface area contributed by atoms with Crippen molar-refractivity contribution in [2.75, 3.05) is 105 Å². The predicted molar refractivity (Wildman–Crippen MR) is 429 cm³/mol. The number of unbranched alkanes of at least 4 members (excludes halogenated alkanes) is 4. The highest BCUT2D eigenvalue weighted by atomic mass is 16.6. The van der Waals surface area contributed by atoms with Crippen molar-refractivity contribution in [1.29, 1.82) is 0 Å². The summed E-state index contributed by atoms with van der Waals surface area (Å²) < 4.78 is 21.7. The summed E-state index contributed by atoms with van der Waals surface area (Å²) >= 11 is 0. The molecular weight excluding hydrogens is 1520 g/mol. The van der Waals surface area contributed by atoms with Gasteiger partial charge in [0.15, 0.2) is 23.1 Å². The van der Waals surface area contributed by atoms with E-state index in [4.69, 9.17) is 42.5 Å². The molecule has 0 bridgehead atoms. The van der Waals surface area contributed by atoms with E-state index in [1.165, 1.54) is 0 Å². The summed E-state index contributed by atoms with van der Waals surface area (Å²) in [7, 11) is 0. The molecule has 0 aliphatic heterocycles. The van der Waals surface area contributed by atoms with Crippen molar-refractivity contribution in [3.05, 3.63) is 144 Å². The number of ketones is 6. The van der Waals surface area contributed by atoms with Crippen LogP contribution >= 0.6 is 0 Å². The number of rotatable bonds is 70. The number of amides is 8. The van der Waals surface area contributed by atoms with Crippen LogP contribution in [-0.2, 0) is 131 Å². The fourth-order valence-corrected chi connectivity index (χ4v) is 12.1. The van der Waals surface area contributed by atoms with Crippen molar-refractivity contribution < 1.29 is 105 Å². The van der Waals surface area contributed by atoms with Gasteiger partial charge in [0.25, 0.3) is 0 Å². The average molecular weight is 1640 g/mol. The van der Waals surface area contributed by atoms with Crippen molar-refractivity contribution in [1.82, 2.24) is 42.5 Å². The molecule has 0 spiro atoms. The first-order valence-corrected chi connectivity index (χ1v) is 39.8. The van der Waals surface area contributed by atoms with Gasteiger partial charge < -0.3 is 80.8 Å². The Labute approximate surface area is 683 Å². The lowest BCUT2D eigenvalue weighted by Crippen LogP contribution is -2.51. The molecule has 0 fully saturated rings. The second-order valence-electron chi connectivity index (χ2n) is 28.0. The van der Waals surface area contributed by atoms with E-state index in [0.717, 1.165) is 0 Å². The maximum atomic E-state index is 15.0. The van der Waals surface area contributed by atoms with Crippen LogP contribution in [0.5, 0.6) is 0 Å². The molecule has 34 nitrogen and oxygen atoms in total. The molecule has 4 aromatic carbocycles. The Hall–Kier alpha value is -9.82. The van der Waals surface area contributed by atoms with Crippen LogP contribution in [0.1, 0.15) is 144 Å². The van der Waals surface area contributed by atoms with Crippen molar-refractivity contribution >= 4 is 82.0 Å². The van der Waals surface area contributed by atoms with E-state index in [-0.39, 0.29) is 140 Å². The smallest absolute Gasteiger partial charge is 0.243 e. The lowest BCUT2D eigenvalue weighted by molar-refractivity contribution is -0.136. The van der Waals surface area contributed by atoms with Crippen LogP contribution in [0.25, 0.3) is 0 Å². The van der Waals surface area contributed by atoms with Crippen LogP contribution in [0.4, 0.5) is 0 Å². The van der Waals surface area contributed by atoms with Gasteiger partial charge in [-0.05, 0) is 86.5 Å². The number of nitrogens with two attached hydrogens (primary N) is 4. The van der Waals surface area contributed by atoms with Crippen molar-refractivity contribution in [3.63, 3.8) is 0 Å². The maximum Gasteiger partial charge on any atom is 0.243 e. The predicted octanol–water partition coefficient (Wildman–Crippen LogP) is 2.05. The molecule has 117 heavy (non-hydrogen) atoms. The normalized spacial score (nSPS) is 12.6. The van der Waals surface area contributed by atoms with E-state index < -0.39 is 153 Å². The summed E-state index contributed by atoms with van der Waals surface area (Å²) in [6, 6.07) is 29.3. The fraction of sp³-hybridized carbons (Fsp3) is 0.542. The zero-order valence-corrected chi connectivity index (χ0v) is 66.9. The van der Waals surface area contributed by atoms with E-state index in [1.54, 1.807) is 121 Å². The zero-order chi connectivity index (χ0) is 84.9. The highest BCUT2D eigenvalue weighted by molar-refractivity contribution is 6.03. The molecule has 6 unspecified atom stereocenters. The number of hydrogen-bond acceptors (Lipinski definition) is 26. The SMILES string of the molecule is NOCCOCCCCC(=O)CNC(=O)C(Cc1ccccc1)NC(=O)CCC(CC(=O)CC(=O)CC(CCC(=O)NC(Cc1ccccc1)C(=O)NCC(=O)CCCCOCCON)C(=O)NC(Cc1ccccc1)C(=O)NCC(=O)CCCCOCCON)C(=O)NC(Cc1ccccc1)C(=O)NCC(=O)CCCCOCCON. The van der Waals surface area contributed by atoms with Gasteiger partial charge in [0.2, 0.25) is 47.3 Å². The van der Waals surface area contributed by atoms with Gasteiger partial charge >= 0.3 is 0 Å².